The standard InChI is InChI=1S/C16H20N2O2S/c1-12(17)7-8-18-16(19)13-4-2-5-14(10-13)20-11-15-6-3-9-21-15/h2-6,9-10,12H,7-8,11,17H2,1H3,(H,18,19). The first kappa shape index (κ1) is 15.5. The number of thiophene rings is 1. The number of hydrogen-bond donors (Lipinski definition) is 2. The van der Waals surface area contributed by atoms with E-state index in [9.17, 15) is 4.79 Å². The van der Waals surface area contributed by atoms with Crippen molar-refractivity contribution in [2.75, 3.05) is 6.54 Å². The largest absolute Gasteiger partial charge is 0.488 e. The molecule has 0 bridgehead atoms. The number of ether oxygens (including phenoxy) is 1. The minimum atomic E-state index is -0.0998. The van der Waals surface area contributed by atoms with Crippen LogP contribution in [0.25, 0.3) is 0 Å². The topological polar surface area (TPSA) is 64.3 Å². The molecule has 0 saturated heterocycles. The number of benzene rings is 1. The first-order chi connectivity index (χ1) is 10.1. The van der Waals surface area contributed by atoms with Crippen LogP contribution in [0, 0.1) is 0 Å². The van der Waals surface area contributed by atoms with E-state index in [2.05, 4.69) is 5.32 Å². The number of nitrogens with one attached hydrogen (secondary N) is 1. The van der Waals surface area contributed by atoms with Gasteiger partial charge in [-0.05, 0) is 43.0 Å². The van der Waals surface area contributed by atoms with Crippen molar-refractivity contribution < 1.29 is 9.53 Å². The zero-order valence-corrected chi connectivity index (χ0v) is 12.9. The third-order valence-corrected chi connectivity index (χ3v) is 3.79. The van der Waals surface area contributed by atoms with Gasteiger partial charge in [0.15, 0.2) is 0 Å². The molecule has 1 atom stereocenters. The molecule has 112 valence electrons. The van der Waals surface area contributed by atoms with E-state index in [4.69, 9.17) is 10.5 Å². The van der Waals surface area contributed by atoms with Crippen LogP contribution in [-0.4, -0.2) is 18.5 Å². The fourth-order valence-electron chi connectivity index (χ4n) is 1.79. The second-order valence-electron chi connectivity index (χ2n) is 4.92. The zero-order valence-electron chi connectivity index (χ0n) is 12.0. The molecule has 0 saturated carbocycles. The average Bonchev–Trinajstić information content (AvgIpc) is 2.98. The van der Waals surface area contributed by atoms with E-state index in [1.165, 1.54) is 0 Å². The molecule has 5 heteroatoms. The Kier molecular flexibility index (Phi) is 5.78. The maximum atomic E-state index is 12.0. The summed E-state index contributed by atoms with van der Waals surface area (Å²) in [4.78, 5) is 13.2. The van der Waals surface area contributed by atoms with Crippen LogP contribution in [0.5, 0.6) is 5.75 Å². The minimum absolute atomic E-state index is 0.0887. The lowest BCUT2D eigenvalue weighted by Crippen LogP contribution is -2.28. The van der Waals surface area contributed by atoms with Gasteiger partial charge in [-0.2, -0.15) is 0 Å². The van der Waals surface area contributed by atoms with E-state index in [0.717, 1.165) is 11.3 Å². The molecule has 1 amide bonds. The van der Waals surface area contributed by atoms with Crippen molar-refractivity contribution in [1.29, 1.82) is 0 Å². The summed E-state index contributed by atoms with van der Waals surface area (Å²) in [5.74, 6) is 0.598. The Morgan fingerprint density at radius 2 is 2.24 bits per heavy atom. The van der Waals surface area contributed by atoms with E-state index in [1.54, 1.807) is 23.5 Å². The van der Waals surface area contributed by atoms with Gasteiger partial charge in [-0.3, -0.25) is 4.79 Å². The Morgan fingerprint density at radius 3 is 2.95 bits per heavy atom. The van der Waals surface area contributed by atoms with Crippen molar-refractivity contribution in [3.8, 4) is 5.75 Å². The van der Waals surface area contributed by atoms with Crippen LogP contribution in [0.1, 0.15) is 28.6 Å². The fourth-order valence-corrected chi connectivity index (χ4v) is 2.41. The van der Waals surface area contributed by atoms with E-state index >= 15 is 0 Å². The van der Waals surface area contributed by atoms with Crippen LogP contribution in [0.4, 0.5) is 0 Å². The monoisotopic (exact) mass is 304 g/mol. The highest BCUT2D eigenvalue weighted by Crippen LogP contribution is 2.17. The third kappa shape index (κ3) is 5.21. The molecule has 1 aromatic carbocycles. The number of carbonyl (C=O) groups is 1. The van der Waals surface area contributed by atoms with Crippen molar-refractivity contribution in [3.05, 3.63) is 52.2 Å². The van der Waals surface area contributed by atoms with Crippen molar-refractivity contribution >= 4 is 17.2 Å². The van der Waals surface area contributed by atoms with Crippen LogP contribution in [0.2, 0.25) is 0 Å². The Morgan fingerprint density at radius 1 is 1.38 bits per heavy atom. The van der Waals surface area contributed by atoms with Gasteiger partial charge in [0, 0.05) is 23.0 Å². The quantitative estimate of drug-likeness (QED) is 0.826. The highest BCUT2D eigenvalue weighted by Gasteiger charge is 2.07. The molecule has 0 aliphatic rings. The Bertz CT molecular complexity index is 567. The highest BCUT2D eigenvalue weighted by molar-refractivity contribution is 7.09. The van der Waals surface area contributed by atoms with Crippen molar-refractivity contribution in [3.63, 3.8) is 0 Å². The number of amides is 1. The van der Waals surface area contributed by atoms with Gasteiger partial charge in [-0.1, -0.05) is 12.1 Å². The lowest BCUT2D eigenvalue weighted by molar-refractivity contribution is 0.0952. The smallest absolute Gasteiger partial charge is 0.251 e. The number of hydrogen-bond acceptors (Lipinski definition) is 4. The summed E-state index contributed by atoms with van der Waals surface area (Å²) in [6.45, 7) is 3.02. The SMILES string of the molecule is CC(N)CCNC(=O)c1cccc(OCc2cccs2)c1. The summed E-state index contributed by atoms with van der Waals surface area (Å²) in [7, 11) is 0. The van der Waals surface area contributed by atoms with Gasteiger partial charge in [0.2, 0.25) is 0 Å². The van der Waals surface area contributed by atoms with Crippen LogP contribution in [-0.2, 0) is 6.61 Å². The van der Waals surface area contributed by atoms with Gasteiger partial charge in [0.1, 0.15) is 12.4 Å². The Labute approximate surface area is 128 Å². The van der Waals surface area contributed by atoms with Crippen LogP contribution >= 0.6 is 11.3 Å². The fraction of sp³-hybridized carbons (Fsp3) is 0.312. The van der Waals surface area contributed by atoms with Crippen LogP contribution in [0.3, 0.4) is 0 Å². The molecule has 3 N–H and O–H groups in total. The number of rotatable bonds is 7. The van der Waals surface area contributed by atoms with Gasteiger partial charge in [-0.15, -0.1) is 11.3 Å². The molecule has 2 aromatic rings. The lowest BCUT2D eigenvalue weighted by Gasteiger charge is -2.09. The first-order valence-corrected chi connectivity index (χ1v) is 7.82. The molecule has 4 nitrogen and oxygen atoms in total. The molecule has 0 fully saturated rings. The van der Waals surface area contributed by atoms with Crippen molar-refractivity contribution in [1.82, 2.24) is 5.32 Å². The van der Waals surface area contributed by atoms with Crippen LogP contribution in [0.15, 0.2) is 41.8 Å². The van der Waals surface area contributed by atoms with E-state index in [1.807, 2.05) is 36.6 Å². The van der Waals surface area contributed by atoms with Gasteiger partial charge in [-0.25, -0.2) is 0 Å². The van der Waals surface area contributed by atoms with Gasteiger partial charge in [0.05, 0.1) is 0 Å². The molecule has 1 aromatic heterocycles. The van der Waals surface area contributed by atoms with Gasteiger partial charge < -0.3 is 15.8 Å². The lowest BCUT2D eigenvalue weighted by atomic mass is 10.2. The third-order valence-electron chi connectivity index (χ3n) is 2.94. The van der Waals surface area contributed by atoms with Crippen LogP contribution < -0.4 is 15.8 Å². The van der Waals surface area contributed by atoms with E-state index < -0.39 is 0 Å². The van der Waals surface area contributed by atoms with Crippen molar-refractivity contribution in [2.45, 2.75) is 26.0 Å². The number of carbonyl (C=O) groups excluding carboxylic acids is 1. The molecule has 1 unspecified atom stereocenters. The molecule has 0 aliphatic heterocycles. The maximum Gasteiger partial charge on any atom is 0.251 e. The molecule has 2 rings (SSSR count). The summed E-state index contributed by atoms with van der Waals surface area (Å²) < 4.78 is 5.69. The van der Waals surface area contributed by atoms with Gasteiger partial charge in [0.25, 0.3) is 5.91 Å². The van der Waals surface area contributed by atoms with E-state index in [0.29, 0.717) is 24.5 Å². The second kappa shape index (κ2) is 7.81. The summed E-state index contributed by atoms with van der Waals surface area (Å²) in [5, 5.41) is 4.87. The first-order valence-electron chi connectivity index (χ1n) is 6.94. The molecule has 1 heterocycles. The molecule has 0 radical (unpaired) electrons. The van der Waals surface area contributed by atoms with Gasteiger partial charge >= 0.3 is 0 Å². The van der Waals surface area contributed by atoms with Crippen molar-refractivity contribution in [2.24, 2.45) is 5.73 Å². The zero-order chi connectivity index (χ0) is 15.1. The highest BCUT2D eigenvalue weighted by atomic mass is 32.1. The summed E-state index contributed by atoms with van der Waals surface area (Å²) in [6, 6.07) is 11.3. The normalized spacial score (nSPS) is 11.9. The molecule has 0 aliphatic carbocycles. The summed E-state index contributed by atoms with van der Waals surface area (Å²) in [6.07, 6.45) is 0.764. The Balaban J connectivity index is 1.89. The second-order valence-corrected chi connectivity index (χ2v) is 5.95. The number of nitrogens with two attached hydrogens (primary N) is 1. The molecular weight excluding hydrogens is 284 g/mol. The van der Waals surface area contributed by atoms with E-state index in [-0.39, 0.29) is 11.9 Å². The maximum absolute atomic E-state index is 12.0. The predicted octanol–water partition coefficient (Wildman–Crippen LogP) is 2.79. The summed E-state index contributed by atoms with van der Waals surface area (Å²) >= 11 is 1.65. The minimum Gasteiger partial charge on any atom is -0.488 e. The molecular formula is C16H20N2O2S. The molecule has 21 heavy (non-hydrogen) atoms. The molecule has 0 spiro atoms. The average molecular weight is 304 g/mol. The Hall–Kier alpha value is -1.85. The predicted molar refractivity (Wildman–Crippen MR) is 85.7 cm³/mol. The summed E-state index contributed by atoms with van der Waals surface area (Å²) in [5.41, 5.74) is 6.26.